The number of benzene rings is 3. The van der Waals surface area contributed by atoms with Gasteiger partial charge in [-0.2, -0.15) is 0 Å². The van der Waals surface area contributed by atoms with E-state index in [4.69, 9.17) is 9.47 Å². The molecular formula is C38H43N3O7. The molecule has 0 saturated heterocycles. The average Bonchev–Trinajstić information content (AvgIpc) is 3.12. The Hall–Kier alpha value is -5.22. The van der Waals surface area contributed by atoms with Crippen LogP contribution in [0.3, 0.4) is 0 Å². The molecule has 1 heterocycles. The van der Waals surface area contributed by atoms with Crippen LogP contribution >= 0.6 is 0 Å². The van der Waals surface area contributed by atoms with Crippen molar-refractivity contribution in [3.63, 3.8) is 0 Å². The van der Waals surface area contributed by atoms with Gasteiger partial charge >= 0.3 is 12.1 Å². The molecule has 0 bridgehead atoms. The number of nitrogens with zero attached hydrogens (tertiary/aromatic N) is 1. The van der Waals surface area contributed by atoms with E-state index in [1.807, 2.05) is 60.7 Å². The number of allylic oxidation sites excluding steroid dienone is 1. The second-order valence-electron chi connectivity index (χ2n) is 11.6. The van der Waals surface area contributed by atoms with Gasteiger partial charge in [0.1, 0.15) is 18.8 Å². The number of hydrogen-bond donors (Lipinski definition) is 3. The molecule has 0 spiro atoms. The quantitative estimate of drug-likeness (QED) is 0.150. The molecule has 10 heteroatoms. The second-order valence-corrected chi connectivity index (χ2v) is 11.6. The monoisotopic (exact) mass is 653 g/mol. The van der Waals surface area contributed by atoms with Gasteiger partial charge in [-0.3, -0.25) is 9.59 Å². The SMILES string of the molecule is C=CC[C@H](CC(=O)N1Cc2ccccc2C[C@H]1CO)C(=O)NC[C@@H](OC(=O)[C@@H](CC=C)NC(=O)OCc1ccccc1)c1ccccc1. The van der Waals surface area contributed by atoms with Gasteiger partial charge in [0.15, 0.2) is 0 Å². The second kappa shape index (κ2) is 18.2. The van der Waals surface area contributed by atoms with Crippen LogP contribution in [0, 0.1) is 5.92 Å². The summed E-state index contributed by atoms with van der Waals surface area (Å²) in [4.78, 5) is 54.5. The summed E-state index contributed by atoms with van der Waals surface area (Å²) in [5.41, 5.74) is 3.53. The topological polar surface area (TPSA) is 134 Å². The Kier molecular flexibility index (Phi) is 13.5. The van der Waals surface area contributed by atoms with Crippen LogP contribution < -0.4 is 10.6 Å². The predicted octanol–water partition coefficient (Wildman–Crippen LogP) is 4.79. The van der Waals surface area contributed by atoms with E-state index in [0.717, 1.165) is 16.7 Å². The van der Waals surface area contributed by atoms with E-state index in [-0.39, 0.29) is 51.0 Å². The Morgan fingerprint density at radius 1 is 0.896 bits per heavy atom. The lowest BCUT2D eigenvalue weighted by molar-refractivity contribution is -0.152. The fraction of sp³-hybridized carbons (Fsp3) is 0.316. The zero-order valence-corrected chi connectivity index (χ0v) is 27.0. The molecule has 3 aromatic carbocycles. The first-order valence-electron chi connectivity index (χ1n) is 16.0. The molecule has 3 N–H and O–H groups in total. The van der Waals surface area contributed by atoms with Crippen molar-refractivity contribution in [1.29, 1.82) is 0 Å². The minimum absolute atomic E-state index is 0.0291. The lowest BCUT2D eigenvalue weighted by Gasteiger charge is -2.36. The van der Waals surface area contributed by atoms with Gasteiger partial charge in [0.05, 0.1) is 25.1 Å². The average molecular weight is 654 g/mol. The Morgan fingerprint density at radius 3 is 2.21 bits per heavy atom. The predicted molar refractivity (Wildman–Crippen MR) is 181 cm³/mol. The number of amides is 3. The Morgan fingerprint density at radius 2 is 1.54 bits per heavy atom. The van der Waals surface area contributed by atoms with Crippen LogP contribution in [0.5, 0.6) is 0 Å². The molecule has 0 aliphatic carbocycles. The normalized spacial score (nSPS) is 15.5. The van der Waals surface area contributed by atoms with Gasteiger partial charge in [0.2, 0.25) is 11.8 Å². The molecule has 48 heavy (non-hydrogen) atoms. The van der Waals surface area contributed by atoms with E-state index in [1.54, 1.807) is 35.2 Å². The first kappa shape index (κ1) is 35.6. The number of aliphatic hydroxyl groups is 1. The van der Waals surface area contributed by atoms with Gasteiger partial charge in [0, 0.05) is 13.0 Å². The summed E-state index contributed by atoms with van der Waals surface area (Å²) in [6.45, 7) is 7.58. The molecule has 3 amide bonds. The molecule has 4 rings (SSSR count). The third-order valence-electron chi connectivity index (χ3n) is 8.21. The standard InChI is InChI=1S/C38H43N3O7/c1-3-13-30(22-35(43)41-24-31-20-12-11-19-29(31)21-32(41)25-42)36(44)39-23-34(28-17-9-6-10-18-28)48-37(45)33(14-4-2)40-38(46)47-26-27-15-7-5-8-16-27/h3-12,15-20,30,32-34,42H,1-2,13-14,21-26H2,(H,39,44)(H,40,46)/t30-,32+,33-,34-/m1/s1. The van der Waals surface area contributed by atoms with E-state index >= 15 is 0 Å². The number of ether oxygens (including phenoxy) is 2. The minimum atomic E-state index is -1.08. The van der Waals surface area contributed by atoms with Crippen LogP contribution in [-0.4, -0.2) is 59.1 Å². The van der Waals surface area contributed by atoms with Crippen molar-refractivity contribution in [3.05, 3.63) is 132 Å². The summed E-state index contributed by atoms with van der Waals surface area (Å²) < 4.78 is 11.1. The summed E-state index contributed by atoms with van der Waals surface area (Å²) in [5, 5.41) is 15.4. The summed E-state index contributed by atoms with van der Waals surface area (Å²) in [7, 11) is 0. The maximum Gasteiger partial charge on any atom is 0.408 e. The highest BCUT2D eigenvalue weighted by Crippen LogP contribution is 2.26. The molecule has 3 aromatic rings. The molecule has 252 valence electrons. The van der Waals surface area contributed by atoms with E-state index < -0.39 is 36.0 Å². The minimum Gasteiger partial charge on any atom is -0.454 e. The Labute approximate surface area is 281 Å². The van der Waals surface area contributed by atoms with Crippen molar-refractivity contribution in [3.8, 4) is 0 Å². The molecule has 4 atom stereocenters. The van der Waals surface area contributed by atoms with Crippen LogP contribution in [0.4, 0.5) is 4.79 Å². The van der Waals surface area contributed by atoms with Crippen molar-refractivity contribution in [2.24, 2.45) is 5.92 Å². The molecule has 0 saturated carbocycles. The molecule has 1 aliphatic rings. The first-order chi connectivity index (χ1) is 23.3. The van der Waals surface area contributed by atoms with Gasteiger partial charge in [-0.1, -0.05) is 97.1 Å². The van der Waals surface area contributed by atoms with Gasteiger partial charge in [-0.05, 0) is 41.5 Å². The zero-order valence-electron chi connectivity index (χ0n) is 27.0. The van der Waals surface area contributed by atoms with Crippen LogP contribution in [0.25, 0.3) is 0 Å². The number of aliphatic hydroxyl groups excluding tert-OH is 1. The highest BCUT2D eigenvalue weighted by atomic mass is 16.6. The largest absolute Gasteiger partial charge is 0.454 e. The lowest BCUT2D eigenvalue weighted by atomic mass is 9.92. The summed E-state index contributed by atoms with van der Waals surface area (Å²) in [6, 6.07) is 24.4. The fourth-order valence-corrected chi connectivity index (χ4v) is 5.60. The highest BCUT2D eigenvalue weighted by Gasteiger charge is 2.32. The lowest BCUT2D eigenvalue weighted by Crippen LogP contribution is -2.47. The number of nitrogens with one attached hydrogen (secondary N) is 2. The number of hydrogen-bond acceptors (Lipinski definition) is 7. The third-order valence-corrected chi connectivity index (χ3v) is 8.21. The number of alkyl carbamates (subject to hydrolysis) is 1. The highest BCUT2D eigenvalue weighted by molar-refractivity contribution is 5.86. The number of carbonyl (C=O) groups excluding carboxylic acids is 4. The van der Waals surface area contributed by atoms with Crippen LogP contribution in [0.2, 0.25) is 0 Å². The van der Waals surface area contributed by atoms with Gasteiger partial charge in [-0.25, -0.2) is 9.59 Å². The molecule has 0 fully saturated rings. The van der Waals surface area contributed by atoms with Gasteiger partial charge < -0.3 is 30.1 Å². The molecule has 1 aliphatic heterocycles. The summed E-state index contributed by atoms with van der Waals surface area (Å²) in [5.74, 6) is -2.10. The number of rotatable bonds is 16. The van der Waals surface area contributed by atoms with Crippen molar-refractivity contribution in [2.75, 3.05) is 13.2 Å². The van der Waals surface area contributed by atoms with Crippen LogP contribution in [-0.2, 0) is 43.4 Å². The molecule has 0 radical (unpaired) electrons. The molecule has 0 unspecified atom stereocenters. The van der Waals surface area contributed by atoms with Crippen LogP contribution in [0.1, 0.15) is 47.6 Å². The summed E-state index contributed by atoms with van der Waals surface area (Å²) >= 11 is 0. The third kappa shape index (κ3) is 10.1. The zero-order chi connectivity index (χ0) is 34.3. The van der Waals surface area contributed by atoms with Crippen molar-refractivity contribution >= 4 is 23.9 Å². The molecular weight excluding hydrogens is 610 g/mol. The van der Waals surface area contributed by atoms with E-state index in [9.17, 15) is 24.3 Å². The van der Waals surface area contributed by atoms with Crippen molar-refractivity contribution in [1.82, 2.24) is 15.5 Å². The van der Waals surface area contributed by atoms with E-state index in [1.165, 1.54) is 6.08 Å². The maximum atomic E-state index is 13.5. The molecule has 0 aromatic heterocycles. The number of carbonyl (C=O) groups is 4. The van der Waals surface area contributed by atoms with Gasteiger partial charge in [0.25, 0.3) is 0 Å². The van der Waals surface area contributed by atoms with E-state index in [0.29, 0.717) is 18.5 Å². The smallest absolute Gasteiger partial charge is 0.408 e. The summed E-state index contributed by atoms with van der Waals surface area (Å²) in [6.07, 6.45) is 2.19. The Bertz CT molecular complexity index is 1550. The number of esters is 1. The molecule has 10 nitrogen and oxygen atoms in total. The van der Waals surface area contributed by atoms with Crippen molar-refractivity contribution in [2.45, 2.75) is 57.0 Å². The van der Waals surface area contributed by atoms with Gasteiger partial charge in [-0.15, -0.1) is 13.2 Å². The van der Waals surface area contributed by atoms with Crippen molar-refractivity contribution < 1.29 is 33.8 Å². The Balaban J connectivity index is 1.39. The van der Waals surface area contributed by atoms with E-state index in [2.05, 4.69) is 23.8 Å². The fourth-order valence-electron chi connectivity index (χ4n) is 5.60. The van der Waals surface area contributed by atoms with Crippen LogP contribution in [0.15, 0.2) is 110 Å². The first-order valence-corrected chi connectivity index (χ1v) is 16.0. The maximum absolute atomic E-state index is 13.5. The number of fused-ring (bicyclic) bond motifs is 1.